The molecule has 0 aliphatic heterocycles. The number of benzene rings is 1. The van der Waals surface area contributed by atoms with Gasteiger partial charge < -0.3 is 5.32 Å². The summed E-state index contributed by atoms with van der Waals surface area (Å²) in [7, 11) is 0. The number of hydrogen-bond donors (Lipinski definition) is 1. The van der Waals surface area contributed by atoms with Gasteiger partial charge in [0.25, 0.3) is 0 Å². The molecule has 102 valence electrons. The number of aryl methyl sites for hydroxylation is 1. The second-order valence-electron chi connectivity index (χ2n) is 4.75. The summed E-state index contributed by atoms with van der Waals surface area (Å²) in [6.45, 7) is 2.20. The van der Waals surface area contributed by atoms with E-state index in [0.29, 0.717) is 0 Å². The highest BCUT2D eigenvalue weighted by atomic mass is 32.1. The predicted octanol–water partition coefficient (Wildman–Crippen LogP) is 4.78. The molecule has 0 unspecified atom stereocenters. The molecule has 3 aromatic rings. The molecule has 2 aromatic heterocycles. The fourth-order valence-corrected chi connectivity index (χ4v) is 2.92. The van der Waals surface area contributed by atoms with Gasteiger partial charge in [-0.05, 0) is 37.1 Å². The Morgan fingerprint density at radius 1 is 1.20 bits per heavy atom. The van der Waals surface area contributed by atoms with E-state index in [1.165, 1.54) is 18.5 Å². The topological polar surface area (TPSA) is 37.8 Å². The molecule has 0 spiro atoms. The van der Waals surface area contributed by atoms with Gasteiger partial charge in [-0.3, -0.25) is 4.98 Å². The molecule has 0 amide bonds. The molecule has 0 aliphatic carbocycles. The first-order valence-electron chi connectivity index (χ1n) is 6.92. The van der Waals surface area contributed by atoms with Crippen LogP contribution in [0.5, 0.6) is 0 Å². The Morgan fingerprint density at radius 3 is 3.05 bits per heavy atom. The van der Waals surface area contributed by atoms with Crippen molar-refractivity contribution < 1.29 is 0 Å². The van der Waals surface area contributed by atoms with Gasteiger partial charge in [0.1, 0.15) is 0 Å². The third-order valence-electron chi connectivity index (χ3n) is 3.23. The van der Waals surface area contributed by atoms with Crippen molar-refractivity contribution in [3.63, 3.8) is 0 Å². The van der Waals surface area contributed by atoms with Crippen LogP contribution in [-0.2, 0) is 6.42 Å². The first kappa shape index (κ1) is 13.1. The fourth-order valence-electron chi connectivity index (χ4n) is 2.16. The van der Waals surface area contributed by atoms with Crippen molar-refractivity contribution in [2.45, 2.75) is 26.2 Å². The summed E-state index contributed by atoms with van der Waals surface area (Å²) in [5, 5.41) is 7.63. The van der Waals surface area contributed by atoms with Crippen molar-refractivity contribution in [1.29, 1.82) is 0 Å². The lowest BCUT2D eigenvalue weighted by Gasteiger charge is -2.06. The van der Waals surface area contributed by atoms with Crippen molar-refractivity contribution in [3.05, 3.63) is 47.6 Å². The van der Waals surface area contributed by atoms with E-state index in [-0.39, 0.29) is 0 Å². The minimum absolute atomic E-state index is 0.951. The molecular formula is C16H17N3S. The smallest absolute Gasteiger partial charge is 0.187 e. The number of nitrogens with zero attached hydrogens (tertiary/aromatic N) is 2. The standard InChI is InChI=1S/C16H17N3S/c1-2-3-6-12-11-20-16(18-12)19-15-9-4-8-14-13(15)7-5-10-17-14/h4-5,7-11H,2-3,6H2,1H3,(H,18,19). The minimum Gasteiger partial charge on any atom is -0.331 e. The summed E-state index contributed by atoms with van der Waals surface area (Å²) in [5.74, 6) is 0. The first-order valence-corrected chi connectivity index (χ1v) is 7.80. The number of nitrogens with one attached hydrogen (secondary N) is 1. The van der Waals surface area contributed by atoms with Gasteiger partial charge in [-0.15, -0.1) is 11.3 Å². The van der Waals surface area contributed by atoms with Crippen LogP contribution in [-0.4, -0.2) is 9.97 Å². The van der Waals surface area contributed by atoms with Gasteiger partial charge in [0, 0.05) is 22.7 Å². The highest BCUT2D eigenvalue weighted by Gasteiger charge is 2.05. The number of thiazole rings is 1. The number of rotatable bonds is 5. The van der Waals surface area contributed by atoms with Crippen LogP contribution in [0.1, 0.15) is 25.5 Å². The normalized spacial score (nSPS) is 10.8. The van der Waals surface area contributed by atoms with Crippen LogP contribution >= 0.6 is 11.3 Å². The number of hydrogen-bond acceptors (Lipinski definition) is 4. The Kier molecular flexibility index (Phi) is 3.92. The van der Waals surface area contributed by atoms with E-state index >= 15 is 0 Å². The van der Waals surface area contributed by atoms with Gasteiger partial charge in [-0.1, -0.05) is 19.4 Å². The number of pyridine rings is 1. The molecule has 0 fully saturated rings. The van der Waals surface area contributed by atoms with E-state index in [1.54, 1.807) is 11.3 Å². The van der Waals surface area contributed by atoms with Crippen molar-refractivity contribution in [3.8, 4) is 0 Å². The van der Waals surface area contributed by atoms with Crippen LogP contribution in [0.2, 0.25) is 0 Å². The average molecular weight is 283 g/mol. The Labute approximate surface area is 122 Å². The number of fused-ring (bicyclic) bond motifs is 1. The van der Waals surface area contributed by atoms with E-state index in [9.17, 15) is 0 Å². The van der Waals surface area contributed by atoms with Crippen LogP contribution < -0.4 is 5.32 Å². The zero-order chi connectivity index (χ0) is 13.8. The summed E-state index contributed by atoms with van der Waals surface area (Å²) in [6.07, 6.45) is 5.28. The molecule has 0 aliphatic rings. The van der Waals surface area contributed by atoms with Gasteiger partial charge >= 0.3 is 0 Å². The van der Waals surface area contributed by atoms with Crippen LogP contribution in [0, 0.1) is 0 Å². The third-order valence-corrected chi connectivity index (χ3v) is 4.03. The first-order chi connectivity index (χ1) is 9.86. The predicted molar refractivity (Wildman–Crippen MR) is 85.8 cm³/mol. The van der Waals surface area contributed by atoms with E-state index in [4.69, 9.17) is 0 Å². The van der Waals surface area contributed by atoms with E-state index in [0.717, 1.165) is 28.1 Å². The Morgan fingerprint density at radius 2 is 2.15 bits per heavy atom. The van der Waals surface area contributed by atoms with Crippen molar-refractivity contribution in [2.24, 2.45) is 0 Å². The molecule has 3 nitrogen and oxygen atoms in total. The quantitative estimate of drug-likeness (QED) is 0.732. The monoisotopic (exact) mass is 283 g/mol. The molecule has 3 rings (SSSR count). The molecule has 4 heteroatoms. The van der Waals surface area contributed by atoms with E-state index in [2.05, 4.69) is 39.7 Å². The van der Waals surface area contributed by atoms with Gasteiger partial charge in [-0.25, -0.2) is 4.98 Å². The number of aromatic nitrogens is 2. The maximum atomic E-state index is 4.64. The molecule has 20 heavy (non-hydrogen) atoms. The zero-order valence-electron chi connectivity index (χ0n) is 11.5. The third kappa shape index (κ3) is 2.80. The Hall–Kier alpha value is -1.94. The molecule has 1 N–H and O–H groups in total. The summed E-state index contributed by atoms with van der Waals surface area (Å²) < 4.78 is 0. The lowest BCUT2D eigenvalue weighted by Crippen LogP contribution is -1.92. The largest absolute Gasteiger partial charge is 0.331 e. The maximum absolute atomic E-state index is 4.64. The molecule has 0 saturated carbocycles. The maximum Gasteiger partial charge on any atom is 0.187 e. The van der Waals surface area contributed by atoms with Crippen molar-refractivity contribution in [2.75, 3.05) is 5.32 Å². The van der Waals surface area contributed by atoms with Crippen LogP contribution in [0.3, 0.4) is 0 Å². The highest BCUT2D eigenvalue weighted by molar-refractivity contribution is 7.13. The zero-order valence-corrected chi connectivity index (χ0v) is 12.3. The lowest BCUT2D eigenvalue weighted by molar-refractivity contribution is 0.782. The van der Waals surface area contributed by atoms with Crippen molar-refractivity contribution >= 4 is 33.1 Å². The van der Waals surface area contributed by atoms with E-state index in [1.807, 2.05) is 24.4 Å². The summed E-state index contributed by atoms with van der Waals surface area (Å²) in [5.41, 5.74) is 3.24. The molecule has 0 radical (unpaired) electrons. The van der Waals surface area contributed by atoms with Gasteiger partial charge in [0.15, 0.2) is 5.13 Å². The van der Waals surface area contributed by atoms with E-state index < -0.39 is 0 Å². The highest BCUT2D eigenvalue weighted by Crippen LogP contribution is 2.27. The van der Waals surface area contributed by atoms with Crippen LogP contribution in [0.25, 0.3) is 10.9 Å². The second kappa shape index (κ2) is 6.01. The molecule has 0 atom stereocenters. The van der Waals surface area contributed by atoms with Gasteiger partial charge in [-0.2, -0.15) is 0 Å². The number of anilines is 2. The number of unbranched alkanes of at least 4 members (excludes halogenated alkanes) is 1. The van der Waals surface area contributed by atoms with Gasteiger partial charge in [0.2, 0.25) is 0 Å². The summed E-state index contributed by atoms with van der Waals surface area (Å²) in [6, 6.07) is 10.1. The fraction of sp³-hybridized carbons (Fsp3) is 0.250. The molecule has 2 heterocycles. The second-order valence-corrected chi connectivity index (χ2v) is 5.61. The minimum atomic E-state index is 0.951. The Bertz CT molecular complexity index is 700. The summed E-state index contributed by atoms with van der Waals surface area (Å²) in [4.78, 5) is 9.01. The molecular weight excluding hydrogens is 266 g/mol. The molecule has 1 aromatic carbocycles. The van der Waals surface area contributed by atoms with Crippen LogP contribution in [0.15, 0.2) is 41.9 Å². The summed E-state index contributed by atoms with van der Waals surface area (Å²) >= 11 is 1.66. The Balaban J connectivity index is 1.84. The molecule has 0 saturated heterocycles. The lowest BCUT2D eigenvalue weighted by atomic mass is 10.2. The average Bonchev–Trinajstić information content (AvgIpc) is 2.93. The van der Waals surface area contributed by atoms with Gasteiger partial charge in [0.05, 0.1) is 11.2 Å². The van der Waals surface area contributed by atoms with Crippen LogP contribution in [0.4, 0.5) is 10.8 Å². The van der Waals surface area contributed by atoms with Crippen molar-refractivity contribution in [1.82, 2.24) is 9.97 Å². The molecule has 0 bridgehead atoms. The SMILES string of the molecule is CCCCc1csc(Nc2cccc3ncccc23)n1.